The highest BCUT2D eigenvalue weighted by Crippen LogP contribution is 2.27. The third-order valence-corrected chi connectivity index (χ3v) is 2.59. The zero-order chi connectivity index (χ0) is 13.0. The molecule has 1 aliphatic carbocycles. The van der Waals surface area contributed by atoms with E-state index in [0.717, 1.165) is 0 Å². The van der Waals surface area contributed by atoms with Gasteiger partial charge in [0.25, 0.3) is 5.91 Å². The monoisotopic (exact) mass is 252 g/mol. The van der Waals surface area contributed by atoms with E-state index >= 15 is 0 Å². The van der Waals surface area contributed by atoms with Crippen LogP contribution in [-0.4, -0.2) is 34.8 Å². The van der Waals surface area contributed by atoms with Gasteiger partial charge < -0.3 is 15.8 Å². The first kappa shape index (κ1) is 12.4. The first-order valence-corrected chi connectivity index (χ1v) is 5.84. The number of hydrogen-bond acceptors (Lipinski definition) is 5. The molecule has 7 nitrogen and oxygen atoms in total. The number of aromatic nitrogens is 2. The Bertz CT molecular complexity index is 439. The van der Waals surface area contributed by atoms with Gasteiger partial charge in [0.05, 0.1) is 11.9 Å². The van der Waals surface area contributed by atoms with Crippen LogP contribution in [0.15, 0.2) is 12.4 Å². The summed E-state index contributed by atoms with van der Waals surface area (Å²) in [6.07, 6.45) is 5.30. The summed E-state index contributed by atoms with van der Waals surface area (Å²) in [4.78, 5) is 22.7. The average molecular weight is 252 g/mol. The second kappa shape index (κ2) is 5.52. The van der Waals surface area contributed by atoms with Gasteiger partial charge in [-0.05, 0) is 18.8 Å². The molecule has 3 N–H and O–H groups in total. The maximum atomic E-state index is 11.4. The molecule has 1 aliphatic rings. The molecule has 0 bridgehead atoms. The predicted molar refractivity (Wildman–Crippen MR) is 63.3 cm³/mol. The summed E-state index contributed by atoms with van der Waals surface area (Å²) in [6.45, 7) is 0.376. The van der Waals surface area contributed by atoms with Crippen LogP contribution in [0.3, 0.4) is 0 Å². The first-order valence-electron chi connectivity index (χ1n) is 5.84. The van der Waals surface area contributed by atoms with Gasteiger partial charge in [0.2, 0.25) is 0 Å². The van der Waals surface area contributed by atoms with E-state index in [9.17, 15) is 9.59 Å². The van der Waals surface area contributed by atoms with E-state index in [1.165, 1.54) is 29.9 Å². The molecule has 98 valence electrons. The Morgan fingerprint density at radius 2 is 2.33 bits per heavy atom. The molecule has 0 radical (unpaired) electrons. The Balaban J connectivity index is 1.62. The maximum absolute atomic E-state index is 11.4. The summed E-state index contributed by atoms with van der Waals surface area (Å²) in [7, 11) is 0. The predicted octanol–water partition coefficient (Wildman–Crippen LogP) is -0.465. The Labute approximate surface area is 104 Å². The molecular formula is C11H16N4O3. The van der Waals surface area contributed by atoms with E-state index < -0.39 is 5.97 Å². The molecule has 0 unspecified atom stereocenters. The van der Waals surface area contributed by atoms with E-state index in [1.807, 2.05) is 0 Å². The van der Waals surface area contributed by atoms with Gasteiger partial charge in [0, 0.05) is 12.7 Å². The highest BCUT2D eigenvalue weighted by Gasteiger charge is 2.21. The Morgan fingerprint density at radius 1 is 1.56 bits per heavy atom. The van der Waals surface area contributed by atoms with E-state index in [2.05, 4.69) is 10.4 Å². The molecule has 1 heterocycles. The number of carbonyl (C=O) groups excluding carboxylic acids is 2. The fourth-order valence-corrected chi connectivity index (χ4v) is 1.42. The molecule has 0 saturated heterocycles. The summed E-state index contributed by atoms with van der Waals surface area (Å²) in [5.74, 6) is -0.174. The van der Waals surface area contributed by atoms with Gasteiger partial charge in [0.15, 0.2) is 6.61 Å². The second-order valence-corrected chi connectivity index (χ2v) is 4.38. The van der Waals surface area contributed by atoms with Crippen molar-refractivity contribution >= 4 is 17.6 Å². The lowest BCUT2D eigenvalue weighted by molar-refractivity contribution is -0.149. The quantitative estimate of drug-likeness (QED) is 0.667. The van der Waals surface area contributed by atoms with Crippen LogP contribution in [0.2, 0.25) is 0 Å². The molecule has 1 amide bonds. The van der Waals surface area contributed by atoms with Crippen molar-refractivity contribution in [3.63, 3.8) is 0 Å². The van der Waals surface area contributed by atoms with Crippen molar-refractivity contribution in [2.75, 3.05) is 18.9 Å². The highest BCUT2D eigenvalue weighted by molar-refractivity contribution is 5.80. The number of nitrogens with one attached hydrogen (secondary N) is 1. The summed E-state index contributed by atoms with van der Waals surface area (Å²) in [6, 6.07) is 0. The third kappa shape index (κ3) is 4.08. The molecule has 1 aromatic heterocycles. The summed E-state index contributed by atoms with van der Waals surface area (Å²) < 4.78 is 6.18. The van der Waals surface area contributed by atoms with Crippen molar-refractivity contribution in [3.05, 3.63) is 12.4 Å². The normalized spacial score (nSPS) is 14.2. The van der Waals surface area contributed by atoms with Crippen LogP contribution in [0.4, 0.5) is 5.69 Å². The lowest BCUT2D eigenvalue weighted by Gasteiger charge is -2.05. The second-order valence-electron chi connectivity index (χ2n) is 4.38. The minimum Gasteiger partial charge on any atom is -0.454 e. The zero-order valence-corrected chi connectivity index (χ0v) is 9.96. The molecule has 0 aromatic carbocycles. The number of anilines is 1. The summed E-state index contributed by atoms with van der Waals surface area (Å²) in [5, 5.41) is 6.55. The van der Waals surface area contributed by atoms with Crippen LogP contribution in [-0.2, 0) is 20.9 Å². The smallest absolute Gasteiger partial charge is 0.328 e. The van der Waals surface area contributed by atoms with Gasteiger partial charge in [-0.25, -0.2) is 0 Å². The van der Waals surface area contributed by atoms with E-state index in [-0.39, 0.29) is 19.1 Å². The summed E-state index contributed by atoms with van der Waals surface area (Å²) in [5.41, 5.74) is 5.93. The van der Waals surface area contributed by atoms with Gasteiger partial charge in [-0.1, -0.05) is 0 Å². The van der Waals surface area contributed by atoms with Crippen LogP contribution in [0.25, 0.3) is 0 Å². The SMILES string of the molecule is Nc1cnn(CC(=O)OCC(=O)NCC2CC2)c1. The first-order chi connectivity index (χ1) is 8.63. The van der Waals surface area contributed by atoms with Crippen molar-refractivity contribution in [3.8, 4) is 0 Å². The van der Waals surface area contributed by atoms with Crippen molar-refractivity contribution in [1.82, 2.24) is 15.1 Å². The van der Waals surface area contributed by atoms with Crippen molar-refractivity contribution in [1.29, 1.82) is 0 Å². The molecule has 18 heavy (non-hydrogen) atoms. The van der Waals surface area contributed by atoms with Crippen LogP contribution < -0.4 is 11.1 Å². The molecular weight excluding hydrogens is 236 g/mol. The third-order valence-electron chi connectivity index (χ3n) is 2.59. The molecule has 1 aromatic rings. The van der Waals surface area contributed by atoms with Crippen LogP contribution in [0.1, 0.15) is 12.8 Å². The van der Waals surface area contributed by atoms with Gasteiger partial charge in [-0.15, -0.1) is 0 Å². The number of nitrogens with zero attached hydrogens (tertiary/aromatic N) is 2. The van der Waals surface area contributed by atoms with E-state index in [0.29, 0.717) is 18.2 Å². The number of rotatable bonds is 6. The number of amides is 1. The lowest BCUT2D eigenvalue weighted by atomic mass is 10.4. The number of nitrogen functional groups attached to an aromatic ring is 1. The number of esters is 1. The van der Waals surface area contributed by atoms with Gasteiger partial charge >= 0.3 is 5.97 Å². The minimum absolute atomic E-state index is 0.0485. The van der Waals surface area contributed by atoms with Crippen molar-refractivity contribution in [2.24, 2.45) is 5.92 Å². The molecule has 0 spiro atoms. The van der Waals surface area contributed by atoms with Crippen LogP contribution >= 0.6 is 0 Å². The number of nitrogens with two attached hydrogens (primary N) is 1. The largest absolute Gasteiger partial charge is 0.454 e. The molecule has 2 rings (SSSR count). The lowest BCUT2D eigenvalue weighted by Crippen LogP contribution is -2.31. The van der Waals surface area contributed by atoms with Gasteiger partial charge in [-0.3, -0.25) is 14.3 Å². The topological polar surface area (TPSA) is 99.2 Å². The highest BCUT2D eigenvalue weighted by atomic mass is 16.5. The van der Waals surface area contributed by atoms with Crippen LogP contribution in [0, 0.1) is 5.92 Å². The van der Waals surface area contributed by atoms with E-state index in [1.54, 1.807) is 0 Å². The Kier molecular flexibility index (Phi) is 3.81. The Hall–Kier alpha value is -2.05. The number of hydrogen-bond donors (Lipinski definition) is 2. The Morgan fingerprint density at radius 3 is 2.94 bits per heavy atom. The molecule has 0 aliphatic heterocycles. The standard InChI is InChI=1S/C11H16N4O3/c12-9-4-14-15(5-9)6-11(17)18-7-10(16)13-3-8-1-2-8/h4-5,8H,1-3,6-7,12H2,(H,13,16). The molecule has 1 fully saturated rings. The minimum atomic E-state index is -0.514. The maximum Gasteiger partial charge on any atom is 0.328 e. The molecule has 7 heteroatoms. The fourth-order valence-electron chi connectivity index (χ4n) is 1.42. The van der Waals surface area contributed by atoms with Gasteiger partial charge in [-0.2, -0.15) is 5.10 Å². The number of ether oxygens (including phenoxy) is 1. The molecule has 0 atom stereocenters. The zero-order valence-electron chi connectivity index (χ0n) is 9.96. The van der Waals surface area contributed by atoms with E-state index in [4.69, 9.17) is 10.5 Å². The number of carbonyl (C=O) groups is 2. The molecule has 1 saturated carbocycles. The van der Waals surface area contributed by atoms with Crippen molar-refractivity contribution in [2.45, 2.75) is 19.4 Å². The summed E-state index contributed by atoms with van der Waals surface area (Å²) >= 11 is 0. The van der Waals surface area contributed by atoms with Gasteiger partial charge in [0.1, 0.15) is 6.54 Å². The van der Waals surface area contributed by atoms with Crippen LogP contribution in [0.5, 0.6) is 0 Å². The van der Waals surface area contributed by atoms with Crippen molar-refractivity contribution < 1.29 is 14.3 Å². The average Bonchev–Trinajstić information content (AvgIpc) is 3.08. The fraction of sp³-hybridized carbons (Fsp3) is 0.545.